The third-order valence-corrected chi connectivity index (χ3v) is 7.01. The highest BCUT2D eigenvalue weighted by atomic mass is 32.1. The lowest BCUT2D eigenvalue weighted by Gasteiger charge is -2.35. The summed E-state index contributed by atoms with van der Waals surface area (Å²) in [6, 6.07) is 7.68. The Labute approximate surface area is 180 Å². The summed E-state index contributed by atoms with van der Waals surface area (Å²) in [5.74, 6) is -0.996. The Morgan fingerprint density at radius 1 is 1.13 bits per heavy atom. The summed E-state index contributed by atoms with van der Waals surface area (Å²) in [5, 5.41) is 23.5. The minimum absolute atomic E-state index is 0.173. The fraction of sp³-hybridized carbons (Fsp3) is 0.429. The van der Waals surface area contributed by atoms with Crippen LogP contribution in [0.3, 0.4) is 0 Å². The summed E-state index contributed by atoms with van der Waals surface area (Å²) in [4.78, 5) is 24.8. The van der Waals surface area contributed by atoms with E-state index in [1.165, 1.54) is 12.1 Å². The number of halogens is 3. The van der Waals surface area contributed by atoms with Gasteiger partial charge in [0.25, 0.3) is 11.8 Å². The van der Waals surface area contributed by atoms with Crippen LogP contribution in [0.1, 0.15) is 63.1 Å². The highest BCUT2D eigenvalue weighted by molar-refractivity contribution is 7.14. The molecular formula is C21H23F3N2O4S. The highest BCUT2D eigenvalue weighted by Crippen LogP contribution is 2.41. The molecule has 2 amide bonds. The molecule has 0 aliphatic heterocycles. The van der Waals surface area contributed by atoms with Gasteiger partial charge in [0.1, 0.15) is 0 Å². The average molecular weight is 456 g/mol. The number of hydrogen-bond acceptors (Lipinski definition) is 5. The molecule has 3 rings (SSSR count). The van der Waals surface area contributed by atoms with E-state index >= 15 is 0 Å². The van der Waals surface area contributed by atoms with E-state index in [2.05, 4.69) is 5.32 Å². The van der Waals surface area contributed by atoms with Crippen LogP contribution in [0.15, 0.2) is 36.4 Å². The third-order valence-electron chi connectivity index (χ3n) is 5.72. The van der Waals surface area contributed by atoms with Crippen LogP contribution in [0.4, 0.5) is 13.2 Å². The van der Waals surface area contributed by atoms with Gasteiger partial charge < -0.3 is 21.3 Å². The molecule has 1 aliphatic carbocycles. The number of carbonyl (C=O) groups excluding carboxylic acids is 2. The van der Waals surface area contributed by atoms with E-state index in [4.69, 9.17) is 5.73 Å². The maximum Gasteiger partial charge on any atom is 0.421 e. The van der Waals surface area contributed by atoms with Crippen LogP contribution in [0, 0.1) is 0 Å². The first-order chi connectivity index (χ1) is 14.3. The Hall–Kier alpha value is -2.43. The molecule has 1 aromatic carbocycles. The number of nitrogens with two attached hydrogens (primary N) is 1. The molecule has 0 spiro atoms. The molecule has 0 unspecified atom stereocenters. The van der Waals surface area contributed by atoms with Gasteiger partial charge in [-0.3, -0.25) is 9.59 Å². The summed E-state index contributed by atoms with van der Waals surface area (Å²) < 4.78 is 38.8. The second kappa shape index (κ2) is 8.25. The van der Waals surface area contributed by atoms with E-state index in [9.17, 15) is 33.0 Å². The van der Waals surface area contributed by atoms with Crippen molar-refractivity contribution >= 4 is 23.2 Å². The molecule has 1 aliphatic rings. The zero-order chi connectivity index (χ0) is 23.0. The first-order valence-corrected chi connectivity index (χ1v) is 10.5. The van der Waals surface area contributed by atoms with Crippen molar-refractivity contribution in [2.45, 2.75) is 56.0 Å². The second-order valence-corrected chi connectivity index (χ2v) is 9.04. The molecule has 1 atom stereocenters. The zero-order valence-corrected chi connectivity index (χ0v) is 17.5. The van der Waals surface area contributed by atoms with Crippen molar-refractivity contribution in [3.05, 3.63) is 57.3 Å². The molecular weight excluding hydrogens is 433 g/mol. The van der Waals surface area contributed by atoms with Crippen LogP contribution >= 0.6 is 11.3 Å². The lowest BCUT2D eigenvalue weighted by molar-refractivity contribution is -0.258. The predicted octanol–water partition coefficient (Wildman–Crippen LogP) is 3.18. The molecule has 6 nitrogen and oxygen atoms in total. The number of aliphatic hydroxyl groups is 2. The number of alkyl halides is 3. The molecule has 0 radical (unpaired) electrons. The number of nitrogens with one attached hydrogen (secondary N) is 1. The Bertz CT molecular complexity index is 962. The van der Waals surface area contributed by atoms with Crippen molar-refractivity contribution in [3.63, 3.8) is 0 Å². The van der Waals surface area contributed by atoms with E-state index in [1.807, 2.05) is 0 Å². The van der Waals surface area contributed by atoms with Crippen LogP contribution in [0.5, 0.6) is 0 Å². The fourth-order valence-corrected chi connectivity index (χ4v) is 4.59. The SMILES string of the molecule is C[C@](O)(c1ccc(C(=O)NC2CCC(O)(c3ccc(C(N)=O)s3)CC2)cc1)C(F)(F)F. The molecule has 0 bridgehead atoms. The van der Waals surface area contributed by atoms with E-state index in [0.29, 0.717) is 42.4 Å². The van der Waals surface area contributed by atoms with Gasteiger partial charge in [0.15, 0.2) is 5.60 Å². The van der Waals surface area contributed by atoms with Crippen molar-refractivity contribution in [1.29, 1.82) is 0 Å². The van der Waals surface area contributed by atoms with Crippen molar-refractivity contribution in [2.24, 2.45) is 5.73 Å². The number of thiophene rings is 1. The molecule has 168 valence electrons. The normalized spacial score (nSPS) is 23.7. The van der Waals surface area contributed by atoms with Gasteiger partial charge in [0, 0.05) is 16.5 Å². The van der Waals surface area contributed by atoms with Crippen molar-refractivity contribution in [2.75, 3.05) is 0 Å². The van der Waals surface area contributed by atoms with Gasteiger partial charge in [-0.05, 0) is 62.4 Å². The topological polar surface area (TPSA) is 113 Å². The van der Waals surface area contributed by atoms with E-state index < -0.39 is 29.2 Å². The van der Waals surface area contributed by atoms with Crippen molar-refractivity contribution < 1.29 is 33.0 Å². The minimum Gasteiger partial charge on any atom is -0.384 e. The second-order valence-electron chi connectivity index (χ2n) is 7.95. The van der Waals surface area contributed by atoms with Gasteiger partial charge in [0.05, 0.1) is 10.5 Å². The van der Waals surface area contributed by atoms with Crippen LogP contribution in [0.25, 0.3) is 0 Å². The molecule has 1 fully saturated rings. The number of amides is 2. The number of rotatable bonds is 5. The molecule has 5 N–H and O–H groups in total. The maximum absolute atomic E-state index is 12.9. The minimum atomic E-state index is -4.84. The van der Waals surface area contributed by atoms with Crippen LogP contribution in [-0.2, 0) is 11.2 Å². The van der Waals surface area contributed by atoms with Crippen LogP contribution in [0.2, 0.25) is 0 Å². The largest absolute Gasteiger partial charge is 0.421 e. The smallest absolute Gasteiger partial charge is 0.384 e. The van der Waals surface area contributed by atoms with Crippen LogP contribution in [-0.4, -0.2) is 34.2 Å². The number of primary amides is 1. The Kier molecular flexibility index (Phi) is 6.18. The molecule has 2 aromatic rings. The van der Waals surface area contributed by atoms with Gasteiger partial charge in [-0.15, -0.1) is 11.3 Å². The predicted molar refractivity (Wildman–Crippen MR) is 109 cm³/mol. The van der Waals surface area contributed by atoms with E-state index in [-0.39, 0.29) is 17.2 Å². The highest BCUT2D eigenvalue weighted by Gasteiger charge is 2.51. The molecule has 0 saturated heterocycles. The summed E-state index contributed by atoms with van der Waals surface area (Å²) in [7, 11) is 0. The zero-order valence-electron chi connectivity index (χ0n) is 16.7. The average Bonchev–Trinajstić information content (AvgIpc) is 3.20. The maximum atomic E-state index is 12.9. The fourth-order valence-electron chi connectivity index (χ4n) is 3.59. The van der Waals surface area contributed by atoms with E-state index in [1.54, 1.807) is 12.1 Å². The first-order valence-electron chi connectivity index (χ1n) is 9.66. The number of hydrogen-bond donors (Lipinski definition) is 4. The third kappa shape index (κ3) is 4.76. The number of carbonyl (C=O) groups is 2. The number of benzene rings is 1. The van der Waals surface area contributed by atoms with Gasteiger partial charge in [-0.2, -0.15) is 13.2 Å². The molecule has 1 aromatic heterocycles. The summed E-state index contributed by atoms with van der Waals surface area (Å²) in [5.41, 5.74) is 0.975. The summed E-state index contributed by atoms with van der Waals surface area (Å²) >= 11 is 1.15. The van der Waals surface area contributed by atoms with Gasteiger partial charge in [-0.25, -0.2) is 0 Å². The summed E-state index contributed by atoms with van der Waals surface area (Å²) in [6.45, 7) is 0.658. The molecule has 10 heteroatoms. The molecule has 1 heterocycles. The molecule has 1 saturated carbocycles. The van der Waals surface area contributed by atoms with Gasteiger partial charge >= 0.3 is 6.18 Å². The standard InChI is InChI=1S/C21H23F3N2O4S/c1-19(29,21(22,23)24)13-4-2-12(3-5-13)18(28)26-14-8-10-20(30,11-9-14)16-7-6-15(31-16)17(25)27/h2-7,14,29-30H,8-11H2,1H3,(H2,25,27)(H,26,28)/t14?,19-,20?/m0/s1. The molecule has 31 heavy (non-hydrogen) atoms. The monoisotopic (exact) mass is 456 g/mol. The van der Waals surface area contributed by atoms with Gasteiger partial charge in [-0.1, -0.05) is 12.1 Å². The van der Waals surface area contributed by atoms with Crippen LogP contribution < -0.4 is 11.1 Å². The van der Waals surface area contributed by atoms with E-state index in [0.717, 1.165) is 23.5 Å². The van der Waals surface area contributed by atoms with Crippen molar-refractivity contribution in [1.82, 2.24) is 5.32 Å². The summed E-state index contributed by atoms with van der Waals surface area (Å²) in [6.07, 6.45) is -3.09. The van der Waals surface area contributed by atoms with Gasteiger partial charge in [0.2, 0.25) is 0 Å². The quantitative estimate of drug-likeness (QED) is 0.554. The van der Waals surface area contributed by atoms with Crippen molar-refractivity contribution in [3.8, 4) is 0 Å². The first kappa shape index (κ1) is 23.2. The lowest BCUT2D eigenvalue weighted by atomic mass is 9.81. The Morgan fingerprint density at radius 2 is 1.71 bits per heavy atom. The Morgan fingerprint density at radius 3 is 2.19 bits per heavy atom. The Balaban J connectivity index is 1.60. The lowest BCUT2D eigenvalue weighted by Crippen LogP contribution is -2.42.